The molecule has 1 aliphatic rings. The first-order valence-electron chi connectivity index (χ1n) is 9.39. The maximum Gasteiger partial charge on any atom is 0.267 e. The molecule has 0 spiro atoms. The van der Waals surface area contributed by atoms with Gasteiger partial charge in [-0.05, 0) is 56.2 Å². The minimum Gasteiger partial charge on any atom is -0.326 e. The number of amides is 1. The highest BCUT2D eigenvalue weighted by atomic mass is 16.2. The highest BCUT2D eigenvalue weighted by Crippen LogP contribution is 2.25. The number of carbonyl (C=O) groups excluding carboxylic acids is 1. The summed E-state index contributed by atoms with van der Waals surface area (Å²) in [6.45, 7) is 1.79. The Morgan fingerprint density at radius 3 is 2.59 bits per heavy atom. The van der Waals surface area contributed by atoms with Crippen molar-refractivity contribution in [3.05, 3.63) is 58.8 Å². The molecule has 1 N–H and O–H groups in total. The lowest BCUT2D eigenvalue weighted by Gasteiger charge is -2.20. The lowest BCUT2D eigenvalue weighted by atomic mass is 9.88. The largest absolute Gasteiger partial charge is 0.326 e. The summed E-state index contributed by atoms with van der Waals surface area (Å²) < 4.78 is 1.57. The van der Waals surface area contributed by atoms with E-state index in [1.165, 1.54) is 6.42 Å². The van der Waals surface area contributed by atoms with E-state index in [-0.39, 0.29) is 17.4 Å². The van der Waals surface area contributed by atoms with Crippen molar-refractivity contribution in [3.63, 3.8) is 0 Å². The lowest BCUT2D eigenvalue weighted by molar-refractivity contribution is -0.120. The molecule has 2 aromatic heterocycles. The number of pyridine rings is 1. The summed E-state index contributed by atoms with van der Waals surface area (Å²) in [7, 11) is 0. The summed E-state index contributed by atoms with van der Waals surface area (Å²) in [5.74, 6) is 0.778. The van der Waals surface area contributed by atoms with Gasteiger partial charge in [-0.25, -0.2) is 9.97 Å². The summed E-state index contributed by atoms with van der Waals surface area (Å²) in [6.07, 6.45) is 7.04. The Bertz CT molecular complexity index is 1030. The molecule has 6 heteroatoms. The second kappa shape index (κ2) is 7.31. The molecule has 0 bridgehead atoms. The third-order valence-corrected chi connectivity index (χ3v) is 5.18. The number of aryl methyl sites for hydroxylation is 1. The predicted molar refractivity (Wildman–Crippen MR) is 105 cm³/mol. The summed E-state index contributed by atoms with van der Waals surface area (Å²) >= 11 is 0. The number of nitrogens with one attached hydrogen (secondary N) is 1. The number of benzene rings is 1. The Kier molecular flexibility index (Phi) is 4.71. The van der Waals surface area contributed by atoms with Crippen molar-refractivity contribution in [2.24, 2.45) is 5.92 Å². The van der Waals surface area contributed by atoms with Crippen molar-refractivity contribution in [1.29, 1.82) is 0 Å². The SMILES string of the molecule is Cc1nc2ncccc2c(=O)n1-c1ccc(NC(=O)C2CCCCC2)cc1. The number of anilines is 1. The lowest BCUT2D eigenvalue weighted by Crippen LogP contribution is -2.25. The Hall–Kier alpha value is -3.02. The van der Waals surface area contributed by atoms with E-state index in [4.69, 9.17) is 0 Å². The van der Waals surface area contributed by atoms with E-state index >= 15 is 0 Å². The van der Waals surface area contributed by atoms with Crippen molar-refractivity contribution < 1.29 is 4.79 Å². The Morgan fingerprint density at radius 2 is 1.85 bits per heavy atom. The molecule has 1 aliphatic carbocycles. The molecule has 4 rings (SSSR count). The van der Waals surface area contributed by atoms with Crippen LogP contribution in [0.5, 0.6) is 0 Å². The first-order valence-corrected chi connectivity index (χ1v) is 9.39. The Labute approximate surface area is 157 Å². The van der Waals surface area contributed by atoms with Gasteiger partial charge in [0.2, 0.25) is 5.91 Å². The Morgan fingerprint density at radius 1 is 1.11 bits per heavy atom. The van der Waals surface area contributed by atoms with E-state index in [9.17, 15) is 9.59 Å². The quantitative estimate of drug-likeness (QED) is 0.772. The second-order valence-corrected chi connectivity index (χ2v) is 7.05. The monoisotopic (exact) mass is 362 g/mol. The fraction of sp³-hybridized carbons (Fsp3) is 0.333. The van der Waals surface area contributed by atoms with Crippen molar-refractivity contribution in [2.45, 2.75) is 39.0 Å². The highest BCUT2D eigenvalue weighted by Gasteiger charge is 2.21. The molecular formula is C21H22N4O2. The standard InChI is InChI=1S/C21H22N4O2/c1-14-23-19-18(8-5-13-22-19)21(27)25(14)17-11-9-16(10-12-17)24-20(26)15-6-3-2-4-7-15/h5,8-13,15H,2-4,6-7H2,1H3,(H,24,26). The van der Waals surface area contributed by atoms with E-state index in [1.54, 1.807) is 29.8 Å². The molecule has 138 valence electrons. The van der Waals surface area contributed by atoms with Crippen molar-refractivity contribution in [2.75, 3.05) is 5.32 Å². The van der Waals surface area contributed by atoms with Gasteiger partial charge in [-0.1, -0.05) is 19.3 Å². The fourth-order valence-corrected chi connectivity index (χ4v) is 3.73. The molecule has 0 atom stereocenters. The van der Waals surface area contributed by atoms with Crippen LogP contribution in [0, 0.1) is 12.8 Å². The molecule has 6 nitrogen and oxygen atoms in total. The predicted octanol–water partition coefficient (Wildman–Crippen LogP) is 3.61. The minimum atomic E-state index is -0.149. The van der Waals surface area contributed by atoms with Gasteiger partial charge in [-0.15, -0.1) is 0 Å². The van der Waals surface area contributed by atoms with Gasteiger partial charge in [-0.2, -0.15) is 0 Å². The normalized spacial score (nSPS) is 15.0. The van der Waals surface area contributed by atoms with E-state index in [0.29, 0.717) is 22.5 Å². The van der Waals surface area contributed by atoms with Gasteiger partial charge >= 0.3 is 0 Å². The van der Waals surface area contributed by atoms with Crippen LogP contribution in [0.4, 0.5) is 5.69 Å². The maximum atomic E-state index is 12.8. The number of rotatable bonds is 3. The number of aromatic nitrogens is 3. The summed E-state index contributed by atoms with van der Waals surface area (Å²) in [5.41, 5.74) is 1.76. The van der Waals surface area contributed by atoms with Crippen LogP contribution in [-0.2, 0) is 4.79 Å². The van der Waals surface area contributed by atoms with Gasteiger partial charge in [0.25, 0.3) is 5.56 Å². The minimum absolute atomic E-state index is 0.0919. The van der Waals surface area contributed by atoms with Gasteiger partial charge in [-0.3, -0.25) is 14.2 Å². The smallest absolute Gasteiger partial charge is 0.267 e. The molecular weight excluding hydrogens is 340 g/mol. The van der Waals surface area contributed by atoms with Crippen LogP contribution in [-0.4, -0.2) is 20.4 Å². The zero-order valence-electron chi connectivity index (χ0n) is 15.3. The Balaban J connectivity index is 1.60. The molecule has 0 aliphatic heterocycles. The van der Waals surface area contributed by atoms with Gasteiger partial charge in [0.1, 0.15) is 5.82 Å². The maximum absolute atomic E-state index is 12.8. The van der Waals surface area contributed by atoms with E-state index in [0.717, 1.165) is 31.4 Å². The zero-order valence-corrected chi connectivity index (χ0v) is 15.3. The molecule has 1 saturated carbocycles. The van der Waals surface area contributed by atoms with E-state index in [2.05, 4.69) is 15.3 Å². The molecule has 1 amide bonds. The van der Waals surface area contributed by atoms with Gasteiger partial charge < -0.3 is 5.32 Å². The summed E-state index contributed by atoms with van der Waals surface area (Å²) in [4.78, 5) is 33.8. The first-order chi connectivity index (χ1) is 13.1. The second-order valence-electron chi connectivity index (χ2n) is 7.05. The van der Waals surface area contributed by atoms with Crippen LogP contribution in [0.1, 0.15) is 37.9 Å². The van der Waals surface area contributed by atoms with Crippen LogP contribution in [0.3, 0.4) is 0 Å². The number of nitrogens with zero attached hydrogens (tertiary/aromatic N) is 3. The van der Waals surface area contributed by atoms with E-state index in [1.807, 2.05) is 24.3 Å². The van der Waals surface area contributed by atoms with Gasteiger partial charge in [0.15, 0.2) is 5.65 Å². The average molecular weight is 362 g/mol. The molecule has 1 fully saturated rings. The third kappa shape index (κ3) is 3.47. The molecule has 3 aromatic rings. The van der Waals surface area contributed by atoms with Crippen LogP contribution < -0.4 is 10.9 Å². The van der Waals surface area contributed by atoms with E-state index < -0.39 is 0 Å². The molecule has 0 radical (unpaired) electrons. The van der Waals surface area contributed by atoms with Gasteiger partial charge in [0.05, 0.1) is 11.1 Å². The first kappa shape index (κ1) is 17.4. The third-order valence-electron chi connectivity index (χ3n) is 5.18. The van der Waals surface area contributed by atoms with Crippen LogP contribution in [0.2, 0.25) is 0 Å². The number of carbonyl (C=O) groups is 1. The van der Waals surface area contributed by atoms with Crippen molar-refractivity contribution in [3.8, 4) is 5.69 Å². The topological polar surface area (TPSA) is 76.9 Å². The highest BCUT2D eigenvalue weighted by molar-refractivity contribution is 5.92. The summed E-state index contributed by atoms with van der Waals surface area (Å²) in [5, 5.41) is 3.48. The number of hydrogen-bond acceptors (Lipinski definition) is 4. The van der Waals surface area contributed by atoms with Crippen LogP contribution in [0.15, 0.2) is 47.4 Å². The van der Waals surface area contributed by atoms with Crippen LogP contribution in [0.25, 0.3) is 16.7 Å². The molecule has 2 heterocycles. The molecule has 27 heavy (non-hydrogen) atoms. The van der Waals surface area contributed by atoms with Gasteiger partial charge in [0, 0.05) is 17.8 Å². The average Bonchev–Trinajstić information content (AvgIpc) is 2.70. The fourth-order valence-electron chi connectivity index (χ4n) is 3.73. The van der Waals surface area contributed by atoms with Crippen molar-refractivity contribution in [1.82, 2.24) is 14.5 Å². The summed E-state index contributed by atoms with van der Waals surface area (Å²) in [6, 6.07) is 10.8. The molecule has 0 saturated heterocycles. The molecule has 1 aromatic carbocycles. The number of hydrogen-bond donors (Lipinski definition) is 1. The zero-order chi connectivity index (χ0) is 18.8. The van der Waals surface area contributed by atoms with Crippen molar-refractivity contribution >= 4 is 22.6 Å². The number of fused-ring (bicyclic) bond motifs is 1. The van der Waals surface area contributed by atoms with Crippen LogP contribution >= 0.6 is 0 Å². The molecule has 0 unspecified atom stereocenters.